The Labute approximate surface area is 114 Å². The smallest absolute Gasteiger partial charge is 0.157 e. The van der Waals surface area contributed by atoms with Gasteiger partial charge in [0, 0.05) is 11.8 Å². The van der Waals surface area contributed by atoms with E-state index in [1.807, 2.05) is 11.8 Å². The van der Waals surface area contributed by atoms with Gasteiger partial charge in [0.2, 0.25) is 0 Å². The maximum absolute atomic E-state index is 5.60. The first-order chi connectivity index (χ1) is 8.83. The van der Waals surface area contributed by atoms with Crippen molar-refractivity contribution in [2.75, 3.05) is 32.9 Å². The van der Waals surface area contributed by atoms with Gasteiger partial charge in [0.15, 0.2) is 5.17 Å². The van der Waals surface area contributed by atoms with Crippen LogP contribution in [0.5, 0.6) is 0 Å². The van der Waals surface area contributed by atoms with E-state index in [9.17, 15) is 0 Å². The highest BCUT2D eigenvalue weighted by Crippen LogP contribution is 2.30. The summed E-state index contributed by atoms with van der Waals surface area (Å²) in [5, 5.41) is 5.13. The van der Waals surface area contributed by atoms with Crippen molar-refractivity contribution in [3.63, 3.8) is 0 Å². The molecule has 2 atom stereocenters. The standard InChI is InChI=1S/C13H24N2O2S/c1-3-10(4-2)12-8-15-13(18-12)14-7-11-9-16-5-6-17-11/h10-12H,3-9H2,1-2H3,(H,14,15). The Balaban J connectivity index is 1.68. The van der Waals surface area contributed by atoms with Crippen molar-refractivity contribution in [3.8, 4) is 0 Å². The summed E-state index contributed by atoms with van der Waals surface area (Å²) in [6.07, 6.45) is 2.67. The van der Waals surface area contributed by atoms with E-state index >= 15 is 0 Å². The Morgan fingerprint density at radius 1 is 1.39 bits per heavy atom. The van der Waals surface area contributed by atoms with Crippen LogP contribution in [0.1, 0.15) is 26.7 Å². The van der Waals surface area contributed by atoms with E-state index in [4.69, 9.17) is 9.47 Å². The van der Waals surface area contributed by atoms with Crippen molar-refractivity contribution in [1.82, 2.24) is 5.32 Å². The van der Waals surface area contributed by atoms with Gasteiger partial charge in [-0.15, -0.1) is 0 Å². The van der Waals surface area contributed by atoms with E-state index in [0.717, 1.165) is 30.8 Å². The minimum atomic E-state index is 0.175. The Bertz CT molecular complexity index is 276. The first kappa shape index (κ1) is 14.2. The van der Waals surface area contributed by atoms with Crippen LogP contribution in [-0.4, -0.2) is 49.4 Å². The van der Waals surface area contributed by atoms with Gasteiger partial charge in [0.05, 0.1) is 32.5 Å². The van der Waals surface area contributed by atoms with Crippen LogP contribution in [0, 0.1) is 5.92 Å². The number of nitrogens with one attached hydrogen (secondary N) is 1. The first-order valence-electron chi connectivity index (χ1n) is 6.97. The fourth-order valence-electron chi connectivity index (χ4n) is 2.40. The summed E-state index contributed by atoms with van der Waals surface area (Å²) < 4.78 is 11.0. The summed E-state index contributed by atoms with van der Waals surface area (Å²) in [5.41, 5.74) is 0. The van der Waals surface area contributed by atoms with Gasteiger partial charge >= 0.3 is 0 Å². The molecule has 0 bridgehead atoms. The number of amidine groups is 1. The van der Waals surface area contributed by atoms with Crippen LogP contribution in [0.3, 0.4) is 0 Å². The summed E-state index contributed by atoms with van der Waals surface area (Å²) in [4.78, 5) is 4.59. The number of ether oxygens (including phenoxy) is 2. The van der Waals surface area contributed by atoms with E-state index in [0.29, 0.717) is 18.5 Å². The largest absolute Gasteiger partial charge is 0.376 e. The van der Waals surface area contributed by atoms with E-state index in [-0.39, 0.29) is 6.10 Å². The van der Waals surface area contributed by atoms with Crippen LogP contribution in [0.2, 0.25) is 0 Å². The van der Waals surface area contributed by atoms with E-state index in [2.05, 4.69) is 24.2 Å². The Morgan fingerprint density at radius 2 is 2.22 bits per heavy atom. The number of nitrogens with zero attached hydrogens (tertiary/aromatic N) is 1. The molecule has 0 amide bonds. The molecule has 0 radical (unpaired) electrons. The number of thioether (sulfide) groups is 1. The van der Waals surface area contributed by atoms with Gasteiger partial charge < -0.3 is 14.8 Å². The van der Waals surface area contributed by atoms with Crippen LogP contribution in [0.25, 0.3) is 0 Å². The molecule has 1 fully saturated rings. The Morgan fingerprint density at radius 3 is 2.89 bits per heavy atom. The van der Waals surface area contributed by atoms with Crippen LogP contribution in [0.15, 0.2) is 4.99 Å². The lowest BCUT2D eigenvalue weighted by atomic mass is 9.99. The van der Waals surface area contributed by atoms with E-state index in [1.54, 1.807) is 0 Å². The lowest BCUT2D eigenvalue weighted by Gasteiger charge is -2.23. The average molecular weight is 272 g/mol. The fourth-order valence-corrected chi connectivity index (χ4v) is 3.73. The molecule has 1 saturated heterocycles. The highest BCUT2D eigenvalue weighted by molar-refractivity contribution is 8.14. The number of hydrogen-bond donors (Lipinski definition) is 1. The molecule has 2 heterocycles. The molecule has 0 aliphatic carbocycles. The summed E-state index contributed by atoms with van der Waals surface area (Å²) in [5.74, 6) is 0.785. The minimum absolute atomic E-state index is 0.175. The van der Waals surface area contributed by atoms with E-state index < -0.39 is 0 Å². The molecule has 2 aliphatic heterocycles. The topological polar surface area (TPSA) is 42.9 Å². The van der Waals surface area contributed by atoms with Crippen molar-refractivity contribution in [3.05, 3.63) is 0 Å². The molecule has 0 aromatic carbocycles. The van der Waals surface area contributed by atoms with Crippen LogP contribution < -0.4 is 5.32 Å². The minimum Gasteiger partial charge on any atom is -0.376 e. The highest BCUT2D eigenvalue weighted by Gasteiger charge is 2.26. The Kier molecular flexibility index (Phi) is 5.79. The molecule has 4 nitrogen and oxygen atoms in total. The molecular formula is C13H24N2O2S. The molecule has 2 aliphatic rings. The third kappa shape index (κ3) is 3.87. The van der Waals surface area contributed by atoms with Crippen LogP contribution in [-0.2, 0) is 9.47 Å². The predicted molar refractivity (Wildman–Crippen MR) is 76.3 cm³/mol. The number of rotatable bonds is 5. The first-order valence-corrected chi connectivity index (χ1v) is 7.85. The zero-order valence-electron chi connectivity index (χ0n) is 11.4. The lowest BCUT2D eigenvalue weighted by molar-refractivity contribution is -0.0849. The van der Waals surface area contributed by atoms with Crippen molar-refractivity contribution >= 4 is 16.9 Å². The van der Waals surface area contributed by atoms with Gasteiger partial charge in [-0.05, 0) is 5.92 Å². The molecular weight excluding hydrogens is 248 g/mol. The van der Waals surface area contributed by atoms with E-state index in [1.165, 1.54) is 12.8 Å². The van der Waals surface area contributed by atoms with Crippen LogP contribution >= 0.6 is 11.8 Å². The quantitative estimate of drug-likeness (QED) is 0.830. The fraction of sp³-hybridized carbons (Fsp3) is 0.923. The molecule has 18 heavy (non-hydrogen) atoms. The second kappa shape index (κ2) is 7.36. The number of aliphatic imine (C=N–C) groups is 1. The van der Waals surface area contributed by atoms with Crippen molar-refractivity contribution in [1.29, 1.82) is 0 Å². The second-order valence-corrected chi connectivity index (χ2v) is 6.06. The summed E-state index contributed by atoms with van der Waals surface area (Å²) >= 11 is 1.90. The molecule has 1 N–H and O–H groups in total. The average Bonchev–Trinajstić information content (AvgIpc) is 2.88. The van der Waals surface area contributed by atoms with Gasteiger partial charge in [-0.3, -0.25) is 4.99 Å². The summed E-state index contributed by atoms with van der Waals surface area (Å²) in [6.45, 7) is 8.44. The van der Waals surface area contributed by atoms with Crippen molar-refractivity contribution in [2.45, 2.75) is 38.0 Å². The maximum atomic E-state index is 5.60. The third-order valence-electron chi connectivity index (χ3n) is 3.62. The molecule has 2 rings (SSSR count). The lowest BCUT2D eigenvalue weighted by Crippen LogP contribution is -2.38. The van der Waals surface area contributed by atoms with Gasteiger partial charge in [0.25, 0.3) is 0 Å². The normalized spacial score (nSPS) is 28.5. The SMILES string of the molecule is CCC(CC)C1CN=C(NCC2COCCO2)S1. The van der Waals surface area contributed by atoms with Gasteiger partial charge in [-0.2, -0.15) is 0 Å². The molecule has 0 spiro atoms. The monoisotopic (exact) mass is 272 g/mol. The number of hydrogen-bond acceptors (Lipinski definition) is 5. The van der Waals surface area contributed by atoms with Gasteiger partial charge in [-0.25, -0.2) is 0 Å². The highest BCUT2D eigenvalue weighted by atomic mass is 32.2. The maximum Gasteiger partial charge on any atom is 0.157 e. The molecule has 0 saturated carbocycles. The molecule has 0 aromatic rings. The summed E-state index contributed by atoms with van der Waals surface area (Å²) in [6, 6.07) is 0. The molecule has 2 unspecified atom stereocenters. The molecule has 104 valence electrons. The van der Waals surface area contributed by atoms with Crippen LogP contribution in [0.4, 0.5) is 0 Å². The van der Waals surface area contributed by atoms with Crippen molar-refractivity contribution in [2.24, 2.45) is 10.9 Å². The molecule has 0 aromatic heterocycles. The van der Waals surface area contributed by atoms with Crippen molar-refractivity contribution < 1.29 is 9.47 Å². The zero-order chi connectivity index (χ0) is 12.8. The Hall–Kier alpha value is -0.260. The van der Waals surface area contributed by atoms with Gasteiger partial charge in [-0.1, -0.05) is 38.5 Å². The van der Waals surface area contributed by atoms with Gasteiger partial charge in [0.1, 0.15) is 0 Å². The summed E-state index contributed by atoms with van der Waals surface area (Å²) in [7, 11) is 0. The molecule has 5 heteroatoms. The zero-order valence-corrected chi connectivity index (χ0v) is 12.2. The predicted octanol–water partition coefficient (Wildman–Crippen LogP) is 1.90. The third-order valence-corrected chi connectivity index (χ3v) is 4.95. The second-order valence-electron chi connectivity index (χ2n) is 4.83.